The molecule has 2 aromatic rings. The van der Waals surface area contributed by atoms with Crippen LogP contribution in [-0.4, -0.2) is 30.5 Å². The van der Waals surface area contributed by atoms with E-state index in [-0.39, 0.29) is 5.91 Å². The van der Waals surface area contributed by atoms with E-state index in [0.29, 0.717) is 6.42 Å². The highest BCUT2D eigenvalue weighted by Crippen LogP contribution is 2.14. The fourth-order valence-corrected chi connectivity index (χ4v) is 2.19. The average Bonchev–Trinajstić information content (AvgIpc) is 2.53. The number of amides is 1. The number of hydrogen-bond donors (Lipinski definition) is 3. The number of anilines is 1. The molecule has 0 aliphatic rings. The quantitative estimate of drug-likeness (QED) is 0.679. The van der Waals surface area contributed by atoms with Gasteiger partial charge in [0, 0.05) is 19.0 Å². The molecule has 21 heavy (non-hydrogen) atoms. The number of carbonyl (C=O) groups excluding carboxylic acids is 1. The summed E-state index contributed by atoms with van der Waals surface area (Å²) in [4.78, 5) is 15.8. The zero-order chi connectivity index (χ0) is 15.1. The summed E-state index contributed by atoms with van der Waals surface area (Å²) in [6.45, 7) is 0.825. The summed E-state index contributed by atoms with van der Waals surface area (Å²) in [6, 6.07) is 11.7. The summed E-state index contributed by atoms with van der Waals surface area (Å²) in [6.07, 6.45) is 2.57. The number of nitrogens with one attached hydrogen (secondary N) is 2. The molecule has 5 heteroatoms. The SMILES string of the molecule is CNC(=O)C(N)CCCCNc1ccc2ccccc2n1. The maximum Gasteiger partial charge on any atom is 0.236 e. The van der Waals surface area contributed by atoms with Gasteiger partial charge in [0.2, 0.25) is 5.91 Å². The van der Waals surface area contributed by atoms with Gasteiger partial charge in [0.05, 0.1) is 11.6 Å². The van der Waals surface area contributed by atoms with Crippen LogP contribution in [0.15, 0.2) is 36.4 Å². The molecule has 2 rings (SSSR count). The first-order valence-corrected chi connectivity index (χ1v) is 7.27. The molecule has 0 aliphatic carbocycles. The minimum absolute atomic E-state index is 0.0980. The number of para-hydroxylation sites is 1. The lowest BCUT2D eigenvalue weighted by molar-refractivity contribution is -0.122. The number of unbranched alkanes of at least 4 members (excludes halogenated alkanes) is 1. The molecule has 1 heterocycles. The van der Waals surface area contributed by atoms with E-state index in [0.717, 1.165) is 36.1 Å². The molecule has 4 N–H and O–H groups in total. The molecule has 0 saturated heterocycles. The predicted molar refractivity (Wildman–Crippen MR) is 86.1 cm³/mol. The van der Waals surface area contributed by atoms with Crippen molar-refractivity contribution in [3.8, 4) is 0 Å². The largest absolute Gasteiger partial charge is 0.370 e. The molecule has 1 unspecified atom stereocenters. The molecule has 0 spiro atoms. The highest BCUT2D eigenvalue weighted by atomic mass is 16.2. The van der Waals surface area contributed by atoms with Crippen molar-refractivity contribution >= 4 is 22.6 Å². The molecule has 112 valence electrons. The van der Waals surface area contributed by atoms with Gasteiger partial charge in [-0.1, -0.05) is 18.2 Å². The molecule has 1 aromatic heterocycles. The normalized spacial score (nSPS) is 12.1. The van der Waals surface area contributed by atoms with Crippen LogP contribution in [0.1, 0.15) is 19.3 Å². The van der Waals surface area contributed by atoms with Crippen molar-refractivity contribution < 1.29 is 4.79 Å². The summed E-state index contributed by atoms with van der Waals surface area (Å²) in [7, 11) is 1.61. The summed E-state index contributed by atoms with van der Waals surface area (Å²) in [5, 5.41) is 7.00. The van der Waals surface area contributed by atoms with Gasteiger partial charge < -0.3 is 16.4 Å². The van der Waals surface area contributed by atoms with E-state index >= 15 is 0 Å². The zero-order valence-corrected chi connectivity index (χ0v) is 12.3. The van der Waals surface area contributed by atoms with Crippen molar-refractivity contribution in [2.24, 2.45) is 5.73 Å². The average molecular weight is 286 g/mol. The maximum atomic E-state index is 11.3. The van der Waals surface area contributed by atoms with Gasteiger partial charge in [-0.25, -0.2) is 4.98 Å². The van der Waals surface area contributed by atoms with Crippen molar-refractivity contribution in [1.82, 2.24) is 10.3 Å². The zero-order valence-electron chi connectivity index (χ0n) is 12.3. The number of nitrogens with zero attached hydrogens (tertiary/aromatic N) is 1. The first-order chi connectivity index (χ1) is 10.2. The second-order valence-electron chi connectivity index (χ2n) is 5.03. The minimum Gasteiger partial charge on any atom is -0.370 e. The Labute approximate surface area is 124 Å². The Hall–Kier alpha value is -2.14. The number of hydrogen-bond acceptors (Lipinski definition) is 4. The number of rotatable bonds is 7. The van der Waals surface area contributed by atoms with Crippen LogP contribution in [0, 0.1) is 0 Å². The molecular formula is C16H22N4O. The van der Waals surface area contributed by atoms with E-state index in [1.165, 1.54) is 0 Å². The van der Waals surface area contributed by atoms with Gasteiger partial charge in [0.15, 0.2) is 0 Å². The molecule has 0 saturated carbocycles. The van der Waals surface area contributed by atoms with Crippen LogP contribution >= 0.6 is 0 Å². The molecule has 0 aliphatic heterocycles. The fourth-order valence-electron chi connectivity index (χ4n) is 2.19. The van der Waals surface area contributed by atoms with E-state index in [1.807, 2.05) is 30.3 Å². The maximum absolute atomic E-state index is 11.3. The lowest BCUT2D eigenvalue weighted by atomic mass is 10.1. The van der Waals surface area contributed by atoms with E-state index in [2.05, 4.69) is 21.7 Å². The van der Waals surface area contributed by atoms with Crippen molar-refractivity contribution in [2.45, 2.75) is 25.3 Å². The van der Waals surface area contributed by atoms with E-state index < -0.39 is 6.04 Å². The second kappa shape index (κ2) is 7.59. The molecule has 0 bridgehead atoms. The molecular weight excluding hydrogens is 264 g/mol. The third kappa shape index (κ3) is 4.43. The van der Waals surface area contributed by atoms with Gasteiger partial charge in [0.1, 0.15) is 5.82 Å². The van der Waals surface area contributed by atoms with Crippen LogP contribution in [0.4, 0.5) is 5.82 Å². The number of nitrogens with two attached hydrogens (primary N) is 1. The number of aromatic nitrogens is 1. The molecule has 1 amide bonds. The smallest absolute Gasteiger partial charge is 0.236 e. The van der Waals surface area contributed by atoms with E-state index in [9.17, 15) is 4.79 Å². The van der Waals surface area contributed by atoms with Gasteiger partial charge in [-0.3, -0.25) is 4.79 Å². The lowest BCUT2D eigenvalue weighted by Crippen LogP contribution is -2.38. The van der Waals surface area contributed by atoms with Gasteiger partial charge in [-0.05, 0) is 37.5 Å². The Kier molecular flexibility index (Phi) is 5.51. The van der Waals surface area contributed by atoms with Crippen molar-refractivity contribution in [3.63, 3.8) is 0 Å². The van der Waals surface area contributed by atoms with Crippen LogP contribution in [0.25, 0.3) is 10.9 Å². The van der Waals surface area contributed by atoms with Crippen molar-refractivity contribution in [2.75, 3.05) is 18.9 Å². The monoisotopic (exact) mass is 286 g/mol. The van der Waals surface area contributed by atoms with E-state index in [4.69, 9.17) is 5.73 Å². The van der Waals surface area contributed by atoms with Crippen LogP contribution in [-0.2, 0) is 4.79 Å². The van der Waals surface area contributed by atoms with Gasteiger partial charge >= 0.3 is 0 Å². The number of benzene rings is 1. The van der Waals surface area contributed by atoms with Gasteiger partial charge in [0.25, 0.3) is 0 Å². The number of pyridine rings is 1. The minimum atomic E-state index is -0.409. The third-order valence-electron chi connectivity index (χ3n) is 3.43. The summed E-state index contributed by atoms with van der Waals surface area (Å²) < 4.78 is 0. The number of carbonyl (C=O) groups is 1. The van der Waals surface area contributed by atoms with Crippen LogP contribution < -0.4 is 16.4 Å². The Morgan fingerprint density at radius 1 is 1.24 bits per heavy atom. The first-order valence-electron chi connectivity index (χ1n) is 7.27. The van der Waals surface area contributed by atoms with Gasteiger partial charge in [-0.2, -0.15) is 0 Å². The predicted octanol–water partition coefficient (Wildman–Crippen LogP) is 1.89. The summed E-state index contributed by atoms with van der Waals surface area (Å²) >= 11 is 0. The molecule has 0 fully saturated rings. The summed E-state index contributed by atoms with van der Waals surface area (Å²) in [5.74, 6) is 0.781. The Morgan fingerprint density at radius 3 is 2.86 bits per heavy atom. The number of fused-ring (bicyclic) bond motifs is 1. The molecule has 0 radical (unpaired) electrons. The van der Waals surface area contributed by atoms with Crippen LogP contribution in [0.3, 0.4) is 0 Å². The highest BCUT2D eigenvalue weighted by Gasteiger charge is 2.10. The van der Waals surface area contributed by atoms with Crippen LogP contribution in [0.2, 0.25) is 0 Å². The Morgan fingerprint density at radius 2 is 2.05 bits per heavy atom. The molecule has 1 aromatic carbocycles. The first kappa shape index (κ1) is 15.3. The lowest BCUT2D eigenvalue weighted by Gasteiger charge is -2.10. The molecule has 1 atom stereocenters. The fraction of sp³-hybridized carbons (Fsp3) is 0.375. The van der Waals surface area contributed by atoms with Crippen molar-refractivity contribution in [3.05, 3.63) is 36.4 Å². The van der Waals surface area contributed by atoms with E-state index in [1.54, 1.807) is 7.05 Å². The Bertz CT molecular complexity index is 600. The van der Waals surface area contributed by atoms with Crippen LogP contribution in [0.5, 0.6) is 0 Å². The highest BCUT2D eigenvalue weighted by molar-refractivity contribution is 5.81. The second-order valence-corrected chi connectivity index (χ2v) is 5.03. The Balaban J connectivity index is 1.74. The number of likely N-dealkylation sites (N-methyl/N-ethyl adjacent to an activating group) is 1. The third-order valence-corrected chi connectivity index (χ3v) is 3.43. The van der Waals surface area contributed by atoms with Gasteiger partial charge in [-0.15, -0.1) is 0 Å². The molecule has 5 nitrogen and oxygen atoms in total. The standard InChI is InChI=1S/C16H22N4O/c1-18-16(21)13(17)7-4-5-11-19-15-10-9-12-6-2-3-8-14(12)20-15/h2-3,6,8-10,13H,4-5,7,11,17H2,1H3,(H,18,21)(H,19,20). The summed E-state index contributed by atoms with van der Waals surface area (Å²) in [5.41, 5.74) is 6.73. The topological polar surface area (TPSA) is 80.0 Å². The van der Waals surface area contributed by atoms with Crippen molar-refractivity contribution in [1.29, 1.82) is 0 Å².